The van der Waals surface area contributed by atoms with Crippen LogP contribution in [-0.2, 0) is 30.9 Å². The van der Waals surface area contributed by atoms with E-state index in [4.69, 9.17) is 4.74 Å². The molecule has 2 aromatic rings. The minimum absolute atomic E-state index is 0.0612. The Balaban J connectivity index is 1.53. The molecule has 0 bridgehead atoms. The molecule has 0 saturated carbocycles. The number of carbonyl (C=O) groups excluding carboxylic acids is 2. The van der Waals surface area contributed by atoms with Gasteiger partial charge in [0.25, 0.3) is 0 Å². The van der Waals surface area contributed by atoms with E-state index in [0.717, 1.165) is 9.82 Å². The molecule has 1 saturated heterocycles. The quantitative estimate of drug-likeness (QED) is 0.555. The summed E-state index contributed by atoms with van der Waals surface area (Å²) in [6.07, 6.45) is 2.23. The molecule has 1 fully saturated rings. The molecule has 10 nitrogen and oxygen atoms in total. The third-order valence-electron chi connectivity index (χ3n) is 5.49. The van der Waals surface area contributed by atoms with Gasteiger partial charge in [-0.3, -0.25) is 9.59 Å². The van der Waals surface area contributed by atoms with Gasteiger partial charge in [-0.15, -0.1) is 5.10 Å². The highest BCUT2D eigenvalue weighted by Gasteiger charge is 2.28. The Bertz CT molecular complexity index is 1040. The van der Waals surface area contributed by atoms with E-state index in [1.165, 1.54) is 26.2 Å². The summed E-state index contributed by atoms with van der Waals surface area (Å²) in [4.78, 5) is 26.3. The number of fused-ring (bicyclic) bond motifs is 1. The molecule has 1 aliphatic heterocycles. The molecule has 170 valence electrons. The molecular formula is C20H29N5O5S. The van der Waals surface area contributed by atoms with Crippen molar-refractivity contribution in [3.05, 3.63) is 18.2 Å². The van der Waals surface area contributed by atoms with Gasteiger partial charge < -0.3 is 9.64 Å². The number of likely N-dealkylation sites (tertiary alicyclic amines) is 1. The number of carbonyl (C=O) groups is 2. The maximum absolute atomic E-state index is 12.5. The zero-order chi connectivity index (χ0) is 22.6. The molecule has 1 aliphatic rings. The molecule has 0 atom stereocenters. The fraction of sp³-hybridized carbons (Fsp3) is 0.600. The number of benzene rings is 1. The van der Waals surface area contributed by atoms with Crippen LogP contribution in [0.15, 0.2) is 23.1 Å². The predicted octanol–water partition coefficient (Wildman–Crippen LogP) is 1.26. The Morgan fingerprint density at radius 2 is 1.94 bits per heavy atom. The van der Waals surface area contributed by atoms with Crippen LogP contribution < -0.4 is 0 Å². The lowest BCUT2D eigenvalue weighted by Gasteiger charge is -2.31. The standard InChI is InChI=1S/C20H29N5O5S/c1-4-30-20(27)15-9-12-24(13-10-15)19(26)6-5-11-25-18-8-7-16(14-17(18)21-22-25)31(28,29)23(2)3/h7-8,14-15H,4-6,9-13H2,1-3H3. The molecule has 0 N–H and O–H groups in total. The van der Waals surface area contributed by atoms with Crippen molar-refractivity contribution in [2.24, 2.45) is 5.92 Å². The lowest BCUT2D eigenvalue weighted by atomic mass is 9.97. The summed E-state index contributed by atoms with van der Waals surface area (Å²) in [5, 5.41) is 8.17. The van der Waals surface area contributed by atoms with Gasteiger partial charge in [0.1, 0.15) is 5.52 Å². The molecule has 31 heavy (non-hydrogen) atoms. The van der Waals surface area contributed by atoms with Crippen LogP contribution in [0.3, 0.4) is 0 Å². The number of rotatable bonds is 8. The fourth-order valence-corrected chi connectivity index (χ4v) is 4.57. The van der Waals surface area contributed by atoms with E-state index in [0.29, 0.717) is 57.4 Å². The average molecular weight is 452 g/mol. The van der Waals surface area contributed by atoms with E-state index in [1.807, 2.05) is 0 Å². The minimum atomic E-state index is -3.54. The number of hydrogen-bond acceptors (Lipinski definition) is 7. The fourth-order valence-electron chi connectivity index (χ4n) is 3.65. The second kappa shape index (κ2) is 9.73. The smallest absolute Gasteiger partial charge is 0.309 e. The van der Waals surface area contributed by atoms with Crippen molar-refractivity contribution < 1.29 is 22.7 Å². The van der Waals surface area contributed by atoms with Crippen LogP contribution in [0, 0.1) is 5.92 Å². The Morgan fingerprint density at radius 1 is 1.23 bits per heavy atom. The third-order valence-corrected chi connectivity index (χ3v) is 7.30. The molecule has 3 rings (SSSR count). The summed E-state index contributed by atoms with van der Waals surface area (Å²) in [7, 11) is -0.578. The van der Waals surface area contributed by atoms with E-state index in [9.17, 15) is 18.0 Å². The second-order valence-electron chi connectivity index (χ2n) is 7.76. The summed E-state index contributed by atoms with van der Waals surface area (Å²) in [6, 6.07) is 4.73. The number of hydrogen-bond donors (Lipinski definition) is 0. The topological polar surface area (TPSA) is 115 Å². The predicted molar refractivity (Wildman–Crippen MR) is 114 cm³/mol. The number of esters is 1. The monoisotopic (exact) mass is 451 g/mol. The van der Waals surface area contributed by atoms with Gasteiger partial charge in [-0.25, -0.2) is 17.4 Å². The number of ether oxygens (including phenoxy) is 1. The SMILES string of the molecule is CCOC(=O)C1CCN(C(=O)CCCn2nnc3cc(S(=O)(=O)N(C)C)ccc32)CC1. The Labute approximate surface area is 182 Å². The van der Waals surface area contributed by atoms with Crippen molar-refractivity contribution >= 4 is 32.9 Å². The lowest BCUT2D eigenvalue weighted by molar-refractivity contribution is -0.151. The molecule has 0 radical (unpaired) electrons. The first-order chi connectivity index (χ1) is 14.7. The van der Waals surface area contributed by atoms with Gasteiger partial charge in [-0.05, 0) is 44.4 Å². The molecule has 1 amide bonds. The van der Waals surface area contributed by atoms with Crippen LogP contribution in [0.5, 0.6) is 0 Å². The van der Waals surface area contributed by atoms with E-state index in [2.05, 4.69) is 10.3 Å². The number of aromatic nitrogens is 3. The second-order valence-corrected chi connectivity index (χ2v) is 9.91. The molecule has 0 aliphatic carbocycles. The minimum Gasteiger partial charge on any atom is -0.466 e. The van der Waals surface area contributed by atoms with Gasteiger partial charge in [0, 0.05) is 40.2 Å². The molecule has 2 heterocycles. The number of aryl methyl sites for hydroxylation is 1. The van der Waals surface area contributed by atoms with Crippen LogP contribution in [0.4, 0.5) is 0 Å². The van der Waals surface area contributed by atoms with Crippen molar-refractivity contribution in [3.8, 4) is 0 Å². The summed E-state index contributed by atoms with van der Waals surface area (Å²) in [6.45, 7) is 3.80. The first-order valence-electron chi connectivity index (χ1n) is 10.4. The number of sulfonamides is 1. The Hall–Kier alpha value is -2.53. The molecular weight excluding hydrogens is 422 g/mol. The van der Waals surface area contributed by atoms with Crippen molar-refractivity contribution in [2.45, 2.75) is 44.0 Å². The zero-order valence-corrected chi connectivity index (χ0v) is 19.0. The van der Waals surface area contributed by atoms with Crippen molar-refractivity contribution in [1.29, 1.82) is 0 Å². The van der Waals surface area contributed by atoms with Crippen LogP contribution in [0.2, 0.25) is 0 Å². The molecule has 0 unspecified atom stereocenters. The first-order valence-corrected chi connectivity index (χ1v) is 11.9. The van der Waals surface area contributed by atoms with Gasteiger partial charge in [0.2, 0.25) is 15.9 Å². The summed E-state index contributed by atoms with van der Waals surface area (Å²) < 4.78 is 32.4. The molecule has 11 heteroatoms. The van der Waals surface area contributed by atoms with Crippen LogP contribution >= 0.6 is 0 Å². The van der Waals surface area contributed by atoms with Gasteiger partial charge in [-0.2, -0.15) is 0 Å². The van der Waals surface area contributed by atoms with Gasteiger partial charge >= 0.3 is 5.97 Å². The molecule has 1 aromatic heterocycles. The lowest BCUT2D eigenvalue weighted by Crippen LogP contribution is -2.40. The summed E-state index contributed by atoms with van der Waals surface area (Å²) in [5.74, 6) is -0.230. The van der Waals surface area contributed by atoms with E-state index < -0.39 is 10.0 Å². The molecule has 0 spiro atoms. The Morgan fingerprint density at radius 3 is 2.58 bits per heavy atom. The largest absolute Gasteiger partial charge is 0.466 e. The van der Waals surface area contributed by atoms with Gasteiger partial charge in [-0.1, -0.05) is 5.21 Å². The molecule has 1 aromatic carbocycles. The summed E-state index contributed by atoms with van der Waals surface area (Å²) >= 11 is 0. The highest BCUT2D eigenvalue weighted by molar-refractivity contribution is 7.89. The zero-order valence-electron chi connectivity index (χ0n) is 18.2. The van der Waals surface area contributed by atoms with Crippen molar-refractivity contribution in [3.63, 3.8) is 0 Å². The van der Waals surface area contributed by atoms with E-state index in [-0.39, 0.29) is 22.7 Å². The third kappa shape index (κ3) is 5.21. The maximum atomic E-state index is 12.5. The normalized spacial score (nSPS) is 15.5. The average Bonchev–Trinajstić information content (AvgIpc) is 3.16. The van der Waals surface area contributed by atoms with Crippen molar-refractivity contribution in [1.82, 2.24) is 24.2 Å². The number of nitrogens with zero attached hydrogens (tertiary/aromatic N) is 5. The highest BCUT2D eigenvalue weighted by atomic mass is 32.2. The Kier molecular flexibility index (Phi) is 7.26. The van der Waals surface area contributed by atoms with Gasteiger partial charge in [0.05, 0.1) is 22.9 Å². The summed E-state index contributed by atoms with van der Waals surface area (Å²) in [5.41, 5.74) is 1.22. The van der Waals surface area contributed by atoms with Crippen molar-refractivity contribution in [2.75, 3.05) is 33.8 Å². The van der Waals surface area contributed by atoms with E-state index in [1.54, 1.807) is 22.6 Å². The maximum Gasteiger partial charge on any atom is 0.309 e. The van der Waals surface area contributed by atoms with Crippen LogP contribution in [0.1, 0.15) is 32.6 Å². The van der Waals surface area contributed by atoms with Gasteiger partial charge in [0.15, 0.2) is 0 Å². The highest BCUT2D eigenvalue weighted by Crippen LogP contribution is 2.21. The first kappa shape index (κ1) is 23.1. The van der Waals surface area contributed by atoms with E-state index >= 15 is 0 Å². The number of piperidine rings is 1. The van der Waals surface area contributed by atoms with Crippen LogP contribution in [-0.4, -0.2) is 78.3 Å². The number of amides is 1. The van der Waals surface area contributed by atoms with Crippen LogP contribution in [0.25, 0.3) is 11.0 Å².